The summed E-state index contributed by atoms with van der Waals surface area (Å²) in [6, 6.07) is 4.47. The molecule has 2 fully saturated rings. The van der Waals surface area contributed by atoms with Crippen LogP contribution in [0.3, 0.4) is 0 Å². The Bertz CT molecular complexity index is 1140. The quantitative estimate of drug-likeness (QED) is 0.202. The van der Waals surface area contributed by atoms with E-state index in [2.05, 4.69) is 15.3 Å². The van der Waals surface area contributed by atoms with Gasteiger partial charge in [0.15, 0.2) is 11.0 Å². The highest BCUT2D eigenvalue weighted by Gasteiger charge is 2.53. The third kappa shape index (κ3) is 4.36. The molecule has 6 N–H and O–H groups in total. The zero-order chi connectivity index (χ0) is 23.9. The van der Waals surface area contributed by atoms with Gasteiger partial charge in [0.25, 0.3) is 5.91 Å². The lowest BCUT2D eigenvalue weighted by Crippen LogP contribution is -2.37. The average molecular weight is 485 g/mol. The molecule has 0 spiro atoms. The van der Waals surface area contributed by atoms with E-state index in [9.17, 15) is 4.79 Å². The van der Waals surface area contributed by atoms with Crippen LogP contribution in [0.1, 0.15) is 41.7 Å². The van der Waals surface area contributed by atoms with Crippen LogP contribution in [0.5, 0.6) is 0 Å². The Kier molecular flexibility index (Phi) is 5.96. The molecule has 1 amide bonds. The van der Waals surface area contributed by atoms with Crippen molar-refractivity contribution in [3.05, 3.63) is 47.7 Å². The molecular formula is C22H25FN8O2S. The first-order chi connectivity index (χ1) is 16.4. The van der Waals surface area contributed by atoms with Gasteiger partial charge in [-0.05, 0) is 37.5 Å². The lowest BCUT2D eigenvalue weighted by Gasteiger charge is -2.36. The number of nitrogens with zero attached hydrogens (tertiary/aromatic N) is 4. The standard InChI is InChI=1S/C22H25FN8O2S/c23-17-4-1-13(29-20(32)18-8-28-19(9-27-18)31(26)11-24)6-16(17)22-7-15(33-14-2-3-14)5-12(22)10-34-21(25)30-22/h1,4,6,8-9,11-12,14-15,24H,2-3,5,7,10,26H2,(H2,25,30)(H,29,32). The van der Waals surface area contributed by atoms with Crippen LogP contribution in [0.4, 0.5) is 15.9 Å². The second kappa shape index (κ2) is 8.93. The van der Waals surface area contributed by atoms with E-state index in [-0.39, 0.29) is 23.5 Å². The predicted octanol–water partition coefficient (Wildman–Crippen LogP) is 2.37. The number of hydrazine groups is 1. The molecule has 10 nitrogen and oxygen atoms in total. The van der Waals surface area contributed by atoms with Crippen molar-refractivity contribution >= 4 is 40.7 Å². The number of amides is 1. The van der Waals surface area contributed by atoms with Gasteiger partial charge in [-0.1, -0.05) is 11.8 Å². The van der Waals surface area contributed by atoms with E-state index in [1.54, 1.807) is 6.07 Å². The van der Waals surface area contributed by atoms with Gasteiger partial charge < -0.3 is 15.8 Å². The monoisotopic (exact) mass is 484 g/mol. The van der Waals surface area contributed by atoms with Crippen molar-refractivity contribution in [2.75, 3.05) is 16.1 Å². The third-order valence-electron chi connectivity index (χ3n) is 6.38. The van der Waals surface area contributed by atoms with E-state index in [4.69, 9.17) is 26.7 Å². The Balaban J connectivity index is 1.41. The van der Waals surface area contributed by atoms with Gasteiger partial charge in [-0.25, -0.2) is 20.2 Å². The Morgan fingerprint density at radius 1 is 1.32 bits per heavy atom. The lowest BCUT2D eigenvalue weighted by atomic mass is 9.81. The van der Waals surface area contributed by atoms with Crippen molar-refractivity contribution in [3.63, 3.8) is 0 Å². The maximum Gasteiger partial charge on any atom is 0.275 e. The fourth-order valence-corrected chi connectivity index (χ4v) is 5.62. The highest BCUT2D eigenvalue weighted by atomic mass is 32.2. The summed E-state index contributed by atoms with van der Waals surface area (Å²) in [6.45, 7) is 0. The molecule has 3 aliphatic rings. The number of hydrogen-bond acceptors (Lipinski definition) is 9. The summed E-state index contributed by atoms with van der Waals surface area (Å²) in [4.78, 5) is 25.6. The van der Waals surface area contributed by atoms with Crippen LogP contribution < -0.4 is 21.9 Å². The molecule has 34 heavy (non-hydrogen) atoms. The van der Waals surface area contributed by atoms with E-state index >= 15 is 4.39 Å². The number of halogens is 1. The van der Waals surface area contributed by atoms with Crippen molar-refractivity contribution in [3.8, 4) is 0 Å². The Hall–Kier alpha value is -3.09. The maximum atomic E-state index is 15.2. The molecular weight excluding hydrogens is 459 g/mol. The van der Waals surface area contributed by atoms with E-state index < -0.39 is 17.3 Å². The highest BCUT2D eigenvalue weighted by molar-refractivity contribution is 8.13. The number of aliphatic imine (C=N–C) groups is 1. The van der Waals surface area contributed by atoms with Gasteiger partial charge in [0, 0.05) is 29.3 Å². The zero-order valence-corrected chi connectivity index (χ0v) is 19.1. The van der Waals surface area contributed by atoms with E-state index in [0.29, 0.717) is 28.9 Å². The normalized spacial score (nSPS) is 25.9. The number of benzene rings is 1. The molecule has 0 saturated heterocycles. The maximum absolute atomic E-state index is 15.2. The molecule has 1 aromatic heterocycles. The second-order valence-corrected chi connectivity index (χ2v) is 9.76. The van der Waals surface area contributed by atoms with Gasteiger partial charge in [0.2, 0.25) is 0 Å². The van der Waals surface area contributed by atoms with Crippen LogP contribution >= 0.6 is 11.8 Å². The van der Waals surface area contributed by atoms with Crippen LogP contribution in [0.2, 0.25) is 0 Å². The number of thioether (sulfide) groups is 1. The molecule has 3 unspecified atom stereocenters. The topological polar surface area (TPSA) is 156 Å². The third-order valence-corrected chi connectivity index (χ3v) is 7.33. The minimum Gasteiger partial charge on any atom is -0.379 e. The van der Waals surface area contributed by atoms with Crippen LogP contribution in [-0.2, 0) is 10.3 Å². The summed E-state index contributed by atoms with van der Waals surface area (Å²) in [5.41, 5.74) is 6.16. The first-order valence-electron chi connectivity index (χ1n) is 11.0. The van der Waals surface area contributed by atoms with Crippen LogP contribution in [0.25, 0.3) is 0 Å². The number of nitrogens with two attached hydrogens (primary N) is 2. The number of hydrogen-bond donors (Lipinski definition) is 4. The number of fused-ring (bicyclic) bond motifs is 1. The minimum atomic E-state index is -0.821. The smallest absolute Gasteiger partial charge is 0.275 e. The summed E-state index contributed by atoms with van der Waals surface area (Å²) in [6.07, 6.45) is 7.21. The first kappa shape index (κ1) is 22.7. The predicted molar refractivity (Wildman–Crippen MR) is 128 cm³/mol. The highest BCUT2D eigenvalue weighted by Crippen LogP contribution is 2.53. The Morgan fingerprint density at radius 2 is 2.15 bits per heavy atom. The molecule has 1 aliphatic heterocycles. The van der Waals surface area contributed by atoms with Gasteiger partial charge in [0.05, 0.1) is 30.1 Å². The second-order valence-electron chi connectivity index (χ2n) is 8.72. The van der Waals surface area contributed by atoms with Crippen molar-refractivity contribution in [1.82, 2.24) is 9.97 Å². The molecule has 2 aromatic rings. The summed E-state index contributed by atoms with van der Waals surface area (Å²) in [5.74, 6) is 5.70. The number of aromatic nitrogens is 2. The minimum absolute atomic E-state index is 0.00210. The molecule has 3 atom stereocenters. The summed E-state index contributed by atoms with van der Waals surface area (Å²) in [5, 5.41) is 11.3. The Morgan fingerprint density at radius 3 is 2.85 bits per heavy atom. The molecule has 12 heteroatoms. The van der Waals surface area contributed by atoms with Crippen LogP contribution in [0.15, 0.2) is 35.6 Å². The molecule has 178 valence electrons. The number of carbonyl (C=O) groups is 1. The van der Waals surface area contributed by atoms with Crippen LogP contribution in [0, 0.1) is 17.1 Å². The van der Waals surface area contributed by atoms with Gasteiger partial charge in [-0.2, -0.15) is 0 Å². The van der Waals surface area contributed by atoms with Crippen molar-refractivity contribution in [2.45, 2.75) is 43.4 Å². The van der Waals surface area contributed by atoms with Gasteiger partial charge in [0.1, 0.15) is 17.8 Å². The van der Waals surface area contributed by atoms with E-state index in [1.165, 1.54) is 36.3 Å². The van der Waals surface area contributed by atoms with Crippen molar-refractivity contribution < 1.29 is 13.9 Å². The van der Waals surface area contributed by atoms with Crippen LogP contribution in [-0.4, -0.2) is 45.3 Å². The molecule has 5 rings (SSSR count). The first-order valence-corrected chi connectivity index (χ1v) is 12.0. The molecule has 2 aliphatic carbocycles. The largest absolute Gasteiger partial charge is 0.379 e. The average Bonchev–Trinajstić information content (AvgIpc) is 3.57. The van der Waals surface area contributed by atoms with E-state index in [0.717, 1.165) is 36.4 Å². The summed E-state index contributed by atoms with van der Waals surface area (Å²) in [7, 11) is 0. The molecule has 0 bridgehead atoms. The molecule has 2 heterocycles. The fraction of sp³-hybridized carbons (Fsp3) is 0.409. The van der Waals surface area contributed by atoms with Crippen molar-refractivity contribution in [2.24, 2.45) is 22.5 Å². The number of rotatable bonds is 7. The molecule has 1 aromatic carbocycles. The lowest BCUT2D eigenvalue weighted by molar-refractivity contribution is 0.0401. The van der Waals surface area contributed by atoms with Gasteiger partial charge >= 0.3 is 0 Å². The number of carbonyl (C=O) groups excluding carboxylic acids is 1. The van der Waals surface area contributed by atoms with Crippen molar-refractivity contribution in [1.29, 1.82) is 5.41 Å². The van der Waals surface area contributed by atoms with Gasteiger partial charge in [-0.15, -0.1) is 0 Å². The Labute approximate surface area is 199 Å². The zero-order valence-electron chi connectivity index (χ0n) is 18.3. The summed E-state index contributed by atoms with van der Waals surface area (Å²) < 4.78 is 21.4. The molecule has 0 radical (unpaired) electrons. The fourth-order valence-electron chi connectivity index (χ4n) is 4.61. The number of nitrogens with one attached hydrogen (secondary N) is 2. The van der Waals surface area contributed by atoms with Gasteiger partial charge in [-0.3, -0.25) is 20.2 Å². The van der Waals surface area contributed by atoms with E-state index in [1.807, 2.05) is 0 Å². The summed E-state index contributed by atoms with van der Waals surface area (Å²) >= 11 is 1.49. The number of anilines is 2. The number of amidine groups is 1. The number of ether oxygens (including phenoxy) is 1. The molecule has 2 saturated carbocycles. The SMILES string of the molecule is N=CN(N)c1cnc(C(=O)Nc2ccc(F)c(C34CC(OC5CC5)CC3CSC(N)=N4)c2)cn1.